The van der Waals surface area contributed by atoms with Crippen LogP contribution in [0.1, 0.15) is 0 Å². The van der Waals surface area contributed by atoms with E-state index in [4.69, 9.17) is 23.2 Å². The molecule has 0 saturated carbocycles. The highest BCUT2D eigenvalue weighted by Crippen LogP contribution is 2.30. The van der Waals surface area contributed by atoms with Crippen molar-refractivity contribution in [1.29, 1.82) is 0 Å². The highest BCUT2D eigenvalue weighted by atomic mass is 35.5. The molecule has 116 valence electrons. The monoisotopic (exact) mass is 341 g/mol. The average Bonchev–Trinajstić information content (AvgIpc) is 2.38. The Labute approximate surface area is 128 Å². The Kier molecular flexibility index (Phi) is 5.67. The Morgan fingerprint density at radius 1 is 1.57 bits per heavy atom. The molecule has 8 nitrogen and oxygen atoms in total. The first kappa shape index (κ1) is 17.4. The summed E-state index contributed by atoms with van der Waals surface area (Å²) in [4.78, 5) is 26.4. The predicted octanol–water partition coefficient (Wildman–Crippen LogP) is 2.41. The van der Waals surface area contributed by atoms with Crippen molar-refractivity contribution in [2.75, 3.05) is 12.4 Å². The van der Waals surface area contributed by atoms with Crippen molar-refractivity contribution in [3.05, 3.63) is 34.4 Å². The van der Waals surface area contributed by atoms with E-state index in [0.717, 1.165) is 13.2 Å². The van der Waals surface area contributed by atoms with Crippen molar-refractivity contribution < 1.29 is 24.1 Å². The average molecular weight is 342 g/mol. The summed E-state index contributed by atoms with van der Waals surface area (Å²) in [6, 6.07) is 3.99. The fourth-order valence-electron chi connectivity index (χ4n) is 1.34. The van der Waals surface area contributed by atoms with Gasteiger partial charge in [0.2, 0.25) is 6.23 Å². The summed E-state index contributed by atoms with van der Waals surface area (Å²) < 4.78 is 10.00. The molecule has 11 heteroatoms. The molecule has 1 rings (SSSR count). The summed E-state index contributed by atoms with van der Waals surface area (Å²) in [5, 5.41) is 22.4. The van der Waals surface area contributed by atoms with Gasteiger partial charge in [-0.1, -0.05) is 35.3 Å². The second-order valence-electron chi connectivity index (χ2n) is 3.63. The number of nitro groups is 1. The van der Waals surface area contributed by atoms with E-state index in [1.165, 1.54) is 18.2 Å². The number of hydrogen-bond acceptors (Lipinski definition) is 5. The number of benzene rings is 1. The second-order valence-corrected chi connectivity index (χ2v) is 4.92. The Bertz CT molecular complexity index is 540. The van der Waals surface area contributed by atoms with Crippen LogP contribution in [0.5, 0.6) is 0 Å². The molecule has 0 saturated heterocycles. The van der Waals surface area contributed by atoms with Crippen LogP contribution in [0.2, 0.25) is 0 Å². The van der Waals surface area contributed by atoms with Crippen molar-refractivity contribution in [3.8, 4) is 0 Å². The number of nitrogens with one attached hydrogen (secondary N) is 1. The fraction of sp³-hybridized carbons (Fsp3) is 0.300. The lowest BCUT2D eigenvalue weighted by molar-refractivity contribution is -0.383. The van der Waals surface area contributed by atoms with Crippen molar-refractivity contribution in [3.63, 3.8) is 0 Å². The first-order valence-electron chi connectivity index (χ1n) is 5.31. The standard InChI is InChI=1S/C10H10Cl2FN3O5/c1-21-15(8(17)10(11,12)13)9(18)14-6-4-2-3-5-7(6)16(19)20/h2-5,8,17H,1H3,(H,14,18). The number of carbonyl (C=O) groups excluding carboxylic acids is 1. The first-order chi connectivity index (χ1) is 9.68. The first-order valence-corrected chi connectivity index (χ1v) is 6.06. The number of rotatable bonds is 5. The maximum atomic E-state index is 13.2. The number of nitro benzene ring substituents is 1. The number of halogens is 3. The van der Waals surface area contributed by atoms with Crippen LogP contribution in [0, 0.1) is 10.1 Å². The molecule has 0 bridgehead atoms. The maximum Gasteiger partial charge on any atom is 0.348 e. The third kappa shape index (κ3) is 4.39. The number of aliphatic hydroxyl groups excluding tert-OH is 1. The van der Waals surface area contributed by atoms with Gasteiger partial charge >= 0.3 is 10.6 Å². The minimum atomic E-state index is -3.20. The van der Waals surface area contributed by atoms with Crippen LogP contribution in [-0.4, -0.2) is 39.0 Å². The van der Waals surface area contributed by atoms with E-state index in [9.17, 15) is 24.4 Å². The number of alkyl halides is 3. The van der Waals surface area contributed by atoms with E-state index < -0.39 is 27.5 Å². The van der Waals surface area contributed by atoms with E-state index in [0.29, 0.717) is 0 Å². The summed E-state index contributed by atoms with van der Waals surface area (Å²) in [5.74, 6) is 0. The van der Waals surface area contributed by atoms with Crippen LogP contribution in [0.3, 0.4) is 0 Å². The summed E-state index contributed by atoms with van der Waals surface area (Å²) in [7, 11) is 0.946. The molecule has 0 heterocycles. The lowest BCUT2D eigenvalue weighted by Crippen LogP contribution is -2.48. The SMILES string of the molecule is CON(C(=O)Nc1ccccc1[N+](=O)[O-])C(O)C(F)(Cl)Cl. The summed E-state index contributed by atoms with van der Waals surface area (Å²) in [5.41, 5.74) is -0.588. The third-order valence-corrected chi connectivity index (χ3v) is 2.64. The summed E-state index contributed by atoms with van der Waals surface area (Å²) >= 11 is 10.0. The minimum Gasteiger partial charge on any atom is -0.367 e. The van der Waals surface area contributed by atoms with Gasteiger partial charge in [-0.25, -0.2) is 9.18 Å². The van der Waals surface area contributed by atoms with E-state index in [2.05, 4.69) is 10.2 Å². The van der Waals surface area contributed by atoms with Crippen LogP contribution in [0.15, 0.2) is 24.3 Å². The second kappa shape index (κ2) is 6.85. The molecular formula is C10H10Cl2FN3O5. The van der Waals surface area contributed by atoms with Gasteiger partial charge in [-0.3, -0.25) is 20.3 Å². The largest absolute Gasteiger partial charge is 0.367 e. The number of urea groups is 1. The van der Waals surface area contributed by atoms with Crippen molar-refractivity contribution in [2.45, 2.75) is 10.8 Å². The Balaban J connectivity index is 2.97. The molecule has 0 aliphatic heterocycles. The lowest BCUT2D eigenvalue weighted by atomic mass is 10.3. The Morgan fingerprint density at radius 3 is 2.62 bits per heavy atom. The molecule has 0 aliphatic rings. The normalized spacial score (nSPS) is 12.6. The number of aliphatic hydroxyl groups is 1. The number of hydroxylamine groups is 2. The number of anilines is 1. The molecule has 2 N–H and O–H groups in total. The molecule has 1 aromatic carbocycles. The zero-order valence-corrected chi connectivity index (χ0v) is 12.0. The number of para-hydroxylation sites is 2. The minimum absolute atomic E-state index is 0.0940. The molecule has 0 spiro atoms. The molecule has 21 heavy (non-hydrogen) atoms. The van der Waals surface area contributed by atoms with Crippen molar-refractivity contribution >= 4 is 40.6 Å². The van der Waals surface area contributed by atoms with E-state index >= 15 is 0 Å². The van der Waals surface area contributed by atoms with Gasteiger partial charge in [0.05, 0.1) is 12.0 Å². The van der Waals surface area contributed by atoms with Crippen LogP contribution in [0.4, 0.5) is 20.6 Å². The van der Waals surface area contributed by atoms with E-state index in [1.807, 2.05) is 0 Å². The molecule has 1 unspecified atom stereocenters. The van der Waals surface area contributed by atoms with Crippen molar-refractivity contribution in [1.82, 2.24) is 5.06 Å². The summed E-state index contributed by atoms with van der Waals surface area (Å²) in [6.45, 7) is 0. The van der Waals surface area contributed by atoms with Gasteiger partial charge in [-0.15, -0.1) is 0 Å². The zero-order valence-electron chi connectivity index (χ0n) is 10.5. The topological polar surface area (TPSA) is 105 Å². The molecule has 1 atom stereocenters. The molecule has 0 aliphatic carbocycles. The number of nitrogens with zero attached hydrogens (tertiary/aromatic N) is 2. The molecular weight excluding hydrogens is 332 g/mol. The molecule has 0 fully saturated rings. The van der Waals surface area contributed by atoms with Gasteiger partial charge in [-0.2, -0.15) is 5.06 Å². The summed E-state index contributed by atoms with van der Waals surface area (Å²) in [6.07, 6.45) is -2.35. The smallest absolute Gasteiger partial charge is 0.348 e. The Hall–Kier alpha value is -1.68. The van der Waals surface area contributed by atoms with Gasteiger partial charge in [0.15, 0.2) is 0 Å². The Morgan fingerprint density at radius 2 is 2.14 bits per heavy atom. The third-order valence-electron chi connectivity index (χ3n) is 2.25. The highest BCUT2D eigenvalue weighted by Gasteiger charge is 2.41. The van der Waals surface area contributed by atoms with Gasteiger partial charge in [0.25, 0.3) is 5.69 Å². The van der Waals surface area contributed by atoms with E-state index in [-0.39, 0.29) is 10.8 Å². The molecule has 0 aromatic heterocycles. The maximum absolute atomic E-state index is 13.2. The molecule has 2 amide bonds. The number of hydrogen-bond donors (Lipinski definition) is 2. The van der Waals surface area contributed by atoms with Crippen molar-refractivity contribution in [2.24, 2.45) is 0 Å². The van der Waals surface area contributed by atoms with Gasteiger partial charge in [0.1, 0.15) is 5.69 Å². The van der Waals surface area contributed by atoms with Crippen LogP contribution < -0.4 is 5.32 Å². The molecule has 1 aromatic rings. The fourth-order valence-corrected chi connectivity index (χ4v) is 1.51. The van der Waals surface area contributed by atoms with Crippen LogP contribution in [-0.2, 0) is 4.84 Å². The van der Waals surface area contributed by atoms with Gasteiger partial charge in [0, 0.05) is 6.07 Å². The predicted molar refractivity (Wildman–Crippen MR) is 72.5 cm³/mol. The quantitative estimate of drug-likeness (QED) is 0.370. The van der Waals surface area contributed by atoms with Gasteiger partial charge in [-0.05, 0) is 6.07 Å². The van der Waals surface area contributed by atoms with Crippen LogP contribution in [0.25, 0.3) is 0 Å². The number of amides is 2. The zero-order chi connectivity index (χ0) is 16.2. The van der Waals surface area contributed by atoms with Crippen LogP contribution >= 0.6 is 23.2 Å². The molecule has 0 radical (unpaired) electrons. The van der Waals surface area contributed by atoms with Gasteiger partial charge < -0.3 is 5.11 Å². The lowest BCUT2D eigenvalue weighted by Gasteiger charge is -2.28. The number of carbonyl (C=O) groups is 1. The van der Waals surface area contributed by atoms with E-state index in [1.54, 1.807) is 0 Å². The highest BCUT2D eigenvalue weighted by molar-refractivity contribution is 6.47.